The Morgan fingerprint density at radius 2 is 1.54 bits per heavy atom. The molecule has 2 aromatic rings. The Morgan fingerprint density at radius 1 is 0.923 bits per heavy atom. The molecule has 138 valence electrons. The molecular formula is C24H31NO. The zero-order chi connectivity index (χ0) is 18.2. The zero-order valence-electron chi connectivity index (χ0n) is 16.4. The minimum absolute atomic E-state index is 0.117. The average molecular weight is 350 g/mol. The quantitative estimate of drug-likeness (QED) is 0.727. The number of hydrogen-bond acceptors (Lipinski definition) is 2. The molecule has 0 saturated heterocycles. The lowest BCUT2D eigenvalue weighted by Crippen LogP contribution is -2.41. The second kappa shape index (κ2) is 6.83. The van der Waals surface area contributed by atoms with Gasteiger partial charge in [-0.1, -0.05) is 67.9 Å². The van der Waals surface area contributed by atoms with Crippen molar-refractivity contribution in [3.05, 3.63) is 71.3 Å². The first kappa shape index (κ1) is 17.8. The summed E-state index contributed by atoms with van der Waals surface area (Å²) in [4.78, 5) is 2.38. The van der Waals surface area contributed by atoms with Crippen molar-refractivity contribution in [3.8, 4) is 0 Å². The van der Waals surface area contributed by atoms with Gasteiger partial charge in [0.1, 0.15) is 5.60 Å². The standard InChI is InChI=1S/C24H31NO/c1-4-16-24(19-10-6-5-7-11-19)22-13-9-8-12-21(22)23(26-24)17-14-20(15-18-23)25(2)3/h5-13,20H,4,14-18H2,1-3H3/t20?,23?,24-/m0/s1. The summed E-state index contributed by atoms with van der Waals surface area (Å²) >= 11 is 0. The second-order valence-corrected chi connectivity index (χ2v) is 8.28. The summed E-state index contributed by atoms with van der Waals surface area (Å²) in [5.74, 6) is 0. The SMILES string of the molecule is CCC[C@@]1(c2ccccc2)OC2(CCC(N(C)C)CC2)c2ccccc21. The van der Waals surface area contributed by atoms with Gasteiger partial charge in [0.05, 0.1) is 5.60 Å². The van der Waals surface area contributed by atoms with Crippen LogP contribution >= 0.6 is 0 Å². The molecule has 4 rings (SSSR count). The third-order valence-electron chi connectivity index (χ3n) is 6.56. The normalized spacial score (nSPS) is 30.7. The van der Waals surface area contributed by atoms with Gasteiger partial charge in [-0.15, -0.1) is 0 Å². The van der Waals surface area contributed by atoms with Crippen LogP contribution in [0.4, 0.5) is 0 Å². The molecule has 2 nitrogen and oxygen atoms in total. The first-order valence-electron chi connectivity index (χ1n) is 10.1. The highest BCUT2D eigenvalue weighted by Gasteiger charge is 2.54. The first-order chi connectivity index (χ1) is 12.6. The summed E-state index contributed by atoms with van der Waals surface area (Å²) in [7, 11) is 4.41. The fraction of sp³-hybridized carbons (Fsp3) is 0.500. The van der Waals surface area contributed by atoms with Gasteiger partial charge in [-0.25, -0.2) is 0 Å². The van der Waals surface area contributed by atoms with E-state index in [0.29, 0.717) is 6.04 Å². The molecule has 0 N–H and O–H groups in total. The maximum Gasteiger partial charge on any atom is 0.120 e. The van der Waals surface area contributed by atoms with Gasteiger partial charge in [0.25, 0.3) is 0 Å². The maximum atomic E-state index is 7.18. The van der Waals surface area contributed by atoms with Gasteiger partial charge in [0, 0.05) is 6.04 Å². The maximum absolute atomic E-state index is 7.18. The fourth-order valence-corrected chi connectivity index (χ4v) is 5.24. The van der Waals surface area contributed by atoms with Gasteiger partial charge < -0.3 is 9.64 Å². The van der Waals surface area contributed by atoms with Crippen LogP contribution in [0.1, 0.15) is 62.1 Å². The second-order valence-electron chi connectivity index (χ2n) is 8.28. The number of fused-ring (bicyclic) bond motifs is 2. The molecule has 2 aromatic carbocycles. The topological polar surface area (TPSA) is 12.5 Å². The summed E-state index contributed by atoms with van der Waals surface area (Å²) in [6, 6.07) is 20.6. The van der Waals surface area contributed by atoms with Crippen molar-refractivity contribution < 1.29 is 4.74 Å². The highest BCUT2D eigenvalue weighted by atomic mass is 16.5. The first-order valence-corrected chi connectivity index (χ1v) is 10.1. The van der Waals surface area contributed by atoms with Crippen LogP contribution in [0, 0.1) is 0 Å². The molecule has 0 bridgehead atoms. The fourth-order valence-electron chi connectivity index (χ4n) is 5.24. The van der Waals surface area contributed by atoms with Crippen LogP contribution in [0.25, 0.3) is 0 Å². The molecule has 0 radical (unpaired) electrons. The van der Waals surface area contributed by atoms with Crippen LogP contribution in [0.5, 0.6) is 0 Å². The smallest absolute Gasteiger partial charge is 0.120 e. The number of ether oxygens (including phenoxy) is 1. The van der Waals surface area contributed by atoms with Crippen molar-refractivity contribution in [2.45, 2.75) is 62.7 Å². The molecule has 1 spiro atoms. The van der Waals surface area contributed by atoms with Gasteiger partial charge >= 0.3 is 0 Å². The minimum Gasteiger partial charge on any atom is -0.354 e. The summed E-state index contributed by atoms with van der Waals surface area (Å²) in [6.07, 6.45) is 6.79. The van der Waals surface area contributed by atoms with Gasteiger partial charge in [-0.3, -0.25) is 0 Å². The highest BCUT2D eigenvalue weighted by Crippen LogP contribution is 2.57. The lowest BCUT2D eigenvalue weighted by atomic mass is 9.75. The molecule has 1 heterocycles. The minimum atomic E-state index is -0.294. The molecule has 1 fully saturated rings. The van der Waals surface area contributed by atoms with Crippen LogP contribution in [-0.2, 0) is 15.9 Å². The van der Waals surface area contributed by atoms with Crippen LogP contribution in [0.3, 0.4) is 0 Å². The van der Waals surface area contributed by atoms with Crippen molar-refractivity contribution in [3.63, 3.8) is 0 Å². The Bertz CT molecular complexity index is 746. The number of hydrogen-bond donors (Lipinski definition) is 0. The molecule has 1 aliphatic heterocycles. The largest absolute Gasteiger partial charge is 0.354 e. The zero-order valence-corrected chi connectivity index (χ0v) is 16.4. The van der Waals surface area contributed by atoms with Gasteiger partial charge in [0.15, 0.2) is 0 Å². The average Bonchev–Trinajstić information content (AvgIpc) is 2.94. The Morgan fingerprint density at radius 3 is 2.15 bits per heavy atom. The van der Waals surface area contributed by atoms with Crippen LogP contribution in [0.15, 0.2) is 54.6 Å². The predicted molar refractivity (Wildman–Crippen MR) is 107 cm³/mol. The lowest BCUT2D eigenvalue weighted by Gasteiger charge is -2.42. The lowest BCUT2D eigenvalue weighted by molar-refractivity contribution is -0.148. The Labute approximate surface area is 158 Å². The molecule has 0 unspecified atom stereocenters. The monoisotopic (exact) mass is 349 g/mol. The van der Waals surface area contributed by atoms with Crippen molar-refractivity contribution >= 4 is 0 Å². The van der Waals surface area contributed by atoms with E-state index in [1.807, 2.05) is 0 Å². The van der Waals surface area contributed by atoms with Crippen LogP contribution < -0.4 is 0 Å². The third kappa shape index (κ3) is 2.71. The van der Waals surface area contributed by atoms with E-state index in [2.05, 4.69) is 80.5 Å². The van der Waals surface area contributed by atoms with Gasteiger partial charge in [-0.2, -0.15) is 0 Å². The van der Waals surface area contributed by atoms with E-state index < -0.39 is 0 Å². The Hall–Kier alpha value is -1.64. The summed E-state index contributed by atoms with van der Waals surface area (Å²) < 4.78 is 7.18. The molecule has 2 aliphatic rings. The van der Waals surface area contributed by atoms with E-state index in [0.717, 1.165) is 25.7 Å². The highest BCUT2D eigenvalue weighted by molar-refractivity contribution is 5.48. The van der Waals surface area contributed by atoms with E-state index in [4.69, 9.17) is 4.74 Å². The van der Waals surface area contributed by atoms with Crippen molar-refractivity contribution in [2.24, 2.45) is 0 Å². The molecule has 1 saturated carbocycles. The number of rotatable bonds is 4. The van der Waals surface area contributed by atoms with Crippen molar-refractivity contribution in [2.75, 3.05) is 14.1 Å². The summed E-state index contributed by atoms with van der Waals surface area (Å²) in [6.45, 7) is 2.27. The summed E-state index contributed by atoms with van der Waals surface area (Å²) in [5, 5.41) is 0. The number of benzene rings is 2. The molecule has 26 heavy (non-hydrogen) atoms. The molecule has 0 amide bonds. The van der Waals surface area contributed by atoms with E-state index in [9.17, 15) is 0 Å². The van der Waals surface area contributed by atoms with E-state index >= 15 is 0 Å². The van der Waals surface area contributed by atoms with Crippen LogP contribution in [0.2, 0.25) is 0 Å². The van der Waals surface area contributed by atoms with Gasteiger partial charge in [-0.05, 0) is 62.9 Å². The molecule has 1 aliphatic carbocycles. The number of nitrogens with zero attached hydrogens (tertiary/aromatic N) is 1. The molecule has 0 aromatic heterocycles. The molecule has 1 atom stereocenters. The van der Waals surface area contributed by atoms with Gasteiger partial charge in [0.2, 0.25) is 0 Å². The van der Waals surface area contributed by atoms with E-state index in [1.165, 1.54) is 29.5 Å². The Balaban J connectivity index is 1.79. The van der Waals surface area contributed by atoms with Crippen molar-refractivity contribution in [1.29, 1.82) is 0 Å². The predicted octanol–water partition coefficient (Wildman–Crippen LogP) is 5.46. The van der Waals surface area contributed by atoms with E-state index in [1.54, 1.807) is 0 Å². The molecular weight excluding hydrogens is 318 g/mol. The van der Waals surface area contributed by atoms with Crippen molar-refractivity contribution in [1.82, 2.24) is 4.90 Å². The molecule has 2 heteroatoms. The summed E-state index contributed by atoms with van der Waals surface area (Å²) in [5.41, 5.74) is 3.73. The van der Waals surface area contributed by atoms with Crippen LogP contribution in [-0.4, -0.2) is 25.0 Å². The third-order valence-corrected chi connectivity index (χ3v) is 6.56. The Kier molecular flexibility index (Phi) is 4.66. The van der Waals surface area contributed by atoms with E-state index in [-0.39, 0.29) is 11.2 Å².